The first-order chi connectivity index (χ1) is 14.1. The van der Waals surface area contributed by atoms with Gasteiger partial charge in [-0.3, -0.25) is 10.2 Å². The van der Waals surface area contributed by atoms with Crippen molar-refractivity contribution in [3.05, 3.63) is 71.3 Å². The lowest BCUT2D eigenvalue weighted by Gasteiger charge is -2.20. The van der Waals surface area contributed by atoms with Gasteiger partial charge >= 0.3 is 0 Å². The van der Waals surface area contributed by atoms with Gasteiger partial charge in [0.1, 0.15) is 17.4 Å². The molecule has 2 heterocycles. The van der Waals surface area contributed by atoms with Crippen molar-refractivity contribution < 1.29 is 9.53 Å². The molecule has 146 valence electrons. The van der Waals surface area contributed by atoms with E-state index < -0.39 is 5.91 Å². The number of hydrogen-bond acceptors (Lipinski definition) is 5. The number of ether oxygens (including phenoxy) is 1. The smallest absolute Gasteiger partial charge is 0.283 e. The Hall–Kier alpha value is -3.19. The molecule has 0 saturated heterocycles. The molecule has 0 aromatic heterocycles. The molecular formula is C22H20N4O2S. The van der Waals surface area contributed by atoms with Crippen LogP contribution in [0.3, 0.4) is 0 Å². The molecule has 0 atom stereocenters. The highest BCUT2D eigenvalue weighted by molar-refractivity contribution is 8.26. The third kappa shape index (κ3) is 4.30. The van der Waals surface area contributed by atoms with Gasteiger partial charge in [-0.2, -0.15) is 15.1 Å². The maximum absolute atomic E-state index is 12.5. The summed E-state index contributed by atoms with van der Waals surface area (Å²) in [7, 11) is 0. The minimum atomic E-state index is -0.419. The zero-order valence-corrected chi connectivity index (χ0v) is 16.8. The second-order valence-corrected chi connectivity index (χ2v) is 7.65. The lowest BCUT2D eigenvalue weighted by atomic mass is 10.1. The van der Waals surface area contributed by atoms with E-state index in [0.29, 0.717) is 17.5 Å². The van der Waals surface area contributed by atoms with Gasteiger partial charge in [-0.25, -0.2) is 0 Å². The summed E-state index contributed by atoms with van der Waals surface area (Å²) in [5.74, 6) is 0.327. The number of nitrogens with zero attached hydrogens (tertiary/aromatic N) is 3. The Morgan fingerprint density at radius 2 is 2.00 bits per heavy atom. The van der Waals surface area contributed by atoms with Crippen molar-refractivity contribution in [2.24, 2.45) is 10.1 Å². The molecule has 7 heteroatoms. The van der Waals surface area contributed by atoms with Gasteiger partial charge in [0.25, 0.3) is 5.91 Å². The lowest BCUT2D eigenvalue weighted by Crippen LogP contribution is -2.35. The van der Waals surface area contributed by atoms with Crippen LogP contribution in [0.4, 0.5) is 0 Å². The number of carbonyl (C=O) groups is 1. The van der Waals surface area contributed by atoms with Gasteiger partial charge in [0.15, 0.2) is 5.84 Å². The van der Waals surface area contributed by atoms with Gasteiger partial charge in [0, 0.05) is 0 Å². The monoisotopic (exact) mass is 404 g/mol. The van der Waals surface area contributed by atoms with Crippen LogP contribution in [-0.4, -0.2) is 27.0 Å². The van der Waals surface area contributed by atoms with Crippen LogP contribution in [0.5, 0.6) is 5.75 Å². The summed E-state index contributed by atoms with van der Waals surface area (Å²) >= 11 is 1.36. The molecule has 0 saturated carbocycles. The van der Waals surface area contributed by atoms with Gasteiger partial charge in [0.05, 0.1) is 5.57 Å². The van der Waals surface area contributed by atoms with Crippen molar-refractivity contribution in [3.63, 3.8) is 0 Å². The predicted molar refractivity (Wildman–Crippen MR) is 117 cm³/mol. The van der Waals surface area contributed by atoms with E-state index in [4.69, 9.17) is 10.1 Å². The summed E-state index contributed by atoms with van der Waals surface area (Å²) in [5, 5.41) is 15.6. The number of benzene rings is 2. The van der Waals surface area contributed by atoms with Crippen LogP contribution in [0.1, 0.15) is 30.9 Å². The largest absolute Gasteiger partial charge is 0.489 e. The fraction of sp³-hybridized carbons (Fsp3) is 0.182. The molecule has 0 spiro atoms. The van der Waals surface area contributed by atoms with Crippen molar-refractivity contribution in [2.45, 2.75) is 26.4 Å². The Morgan fingerprint density at radius 3 is 2.79 bits per heavy atom. The second-order valence-electron chi connectivity index (χ2n) is 6.61. The minimum Gasteiger partial charge on any atom is -0.489 e. The molecule has 0 unspecified atom stereocenters. The number of amidine groups is 2. The van der Waals surface area contributed by atoms with E-state index in [2.05, 4.69) is 17.0 Å². The Morgan fingerprint density at radius 1 is 1.17 bits per heavy atom. The number of hydrogen-bond donors (Lipinski definition) is 1. The van der Waals surface area contributed by atoms with Crippen LogP contribution < -0.4 is 4.74 Å². The van der Waals surface area contributed by atoms with Crippen LogP contribution in [0, 0.1) is 5.41 Å². The molecule has 0 radical (unpaired) electrons. The van der Waals surface area contributed by atoms with Crippen LogP contribution in [0.2, 0.25) is 0 Å². The second kappa shape index (κ2) is 8.45. The summed E-state index contributed by atoms with van der Waals surface area (Å²) in [4.78, 5) is 16.6. The fourth-order valence-electron chi connectivity index (χ4n) is 2.95. The van der Waals surface area contributed by atoms with E-state index >= 15 is 0 Å². The number of amides is 1. The predicted octanol–water partition coefficient (Wildman–Crippen LogP) is 4.68. The highest BCUT2D eigenvalue weighted by Gasteiger charge is 2.35. The van der Waals surface area contributed by atoms with Gasteiger partial charge in [-0.05, 0) is 53.9 Å². The van der Waals surface area contributed by atoms with E-state index in [9.17, 15) is 4.79 Å². The normalized spacial score (nSPS) is 17.3. The zero-order chi connectivity index (χ0) is 20.2. The average Bonchev–Trinajstić information content (AvgIpc) is 3.13. The van der Waals surface area contributed by atoms with Crippen molar-refractivity contribution in [2.75, 3.05) is 0 Å². The summed E-state index contributed by atoms with van der Waals surface area (Å²) < 4.78 is 5.85. The molecule has 1 amide bonds. The zero-order valence-electron chi connectivity index (χ0n) is 16.0. The molecule has 0 bridgehead atoms. The van der Waals surface area contributed by atoms with Crippen molar-refractivity contribution >= 4 is 39.8 Å². The maximum Gasteiger partial charge on any atom is 0.283 e. The number of hydrazone groups is 1. The van der Waals surface area contributed by atoms with Crippen molar-refractivity contribution in [1.82, 2.24) is 5.01 Å². The van der Waals surface area contributed by atoms with Gasteiger partial charge in [-0.1, -0.05) is 49.4 Å². The highest BCUT2D eigenvalue weighted by Crippen LogP contribution is 2.30. The first-order valence-corrected chi connectivity index (χ1v) is 10.2. The van der Waals surface area contributed by atoms with Crippen molar-refractivity contribution in [3.8, 4) is 5.75 Å². The topological polar surface area (TPSA) is 78.1 Å². The Kier molecular flexibility index (Phi) is 5.57. The molecule has 1 N–H and O–H groups in total. The standard InChI is InChI=1S/C22H20N4O2S/c1-2-7-19-25-26-20(23)18(21(27)24-22(26)29-19)13-16-10-6-11-17(12-16)28-14-15-8-4-3-5-9-15/h3-6,8-13,23H,2,7,14H2,1H3/b18-13-,23-20?. The average molecular weight is 404 g/mol. The van der Waals surface area contributed by atoms with E-state index in [1.54, 1.807) is 6.08 Å². The number of rotatable bonds is 6. The molecule has 29 heavy (non-hydrogen) atoms. The van der Waals surface area contributed by atoms with E-state index in [0.717, 1.165) is 29.0 Å². The summed E-state index contributed by atoms with van der Waals surface area (Å²) in [6.45, 7) is 2.53. The van der Waals surface area contributed by atoms with E-state index in [1.165, 1.54) is 16.8 Å². The molecular weight excluding hydrogens is 384 g/mol. The number of carbonyl (C=O) groups excluding carboxylic acids is 1. The Balaban J connectivity index is 1.53. The summed E-state index contributed by atoms with van der Waals surface area (Å²) in [5.41, 5.74) is 2.07. The van der Waals surface area contributed by atoms with Gasteiger partial charge in [-0.15, -0.1) is 0 Å². The van der Waals surface area contributed by atoms with Gasteiger partial charge in [0.2, 0.25) is 5.17 Å². The number of fused-ring (bicyclic) bond motifs is 1. The molecule has 0 aliphatic carbocycles. The Labute approximate surface area is 173 Å². The molecule has 2 aliphatic rings. The molecule has 2 aliphatic heterocycles. The van der Waals surface area contributed by atoms with Crippen LogP contribution in [0.25, 0.3) is 6.08 Å². The Bertz CT molecular complexity index is 1040. The maximum atomic E-state index is 12.5. The highest BCUT2D eigenvalue weighted by atomic mass is 32.2. The fourth-order valence-corrected chi connectivity index (χ4v) is 3.93. The quantitative estimate of drug-likeness (QED) is 0.709. The van der Waals surface area contributed by atoms with Crippen LogP contribution >= 0.6 is 11.8 Å². The number of aliphatic imine (C=N–C) groups is 1. The molecule has 6 nitrogen and oxygen atoms in total. The summed E-state index contributed by atoms with van der Waals surface area (Å²) in [6.07, 6.45) is 3.42. The van der Waals surface area contributed by atoms with E-state index in [1.807, 2.05) is 54.6 Å². The third-order valence-electron chi connectivity index (χ3n) is 4.38. The molecule has 0 fully saturated rings. The molecule has 2 aromatic carbocycles. The van der Waals surface area contributed by atoms with E-state index in [-0.39, 0.29) is 11.4 Å². The molecule has 4 rings (SSSR count). The first kappa shape index (κ1) is 19.1. The lowest BCUT2D eigenvalue weighted by molar-refractivity contribution is -0.114. The number of thioether (sulfide) groups is 1. The van der Waals surface area contributed by atoms with Crippen molar-refractivity contribution in [1.29, 1.82) is 5.41 Å². The summed E-state index contributed by atoms with van der Waals surface area (Å²) in [6, 6.07) is 17.4. The van der Waals surface area contributed by atoms with Crippen LogP contribution in [-0.2, 0) is 11.4 Å². The molecule has 2 aromatic rings. The number of nitrogens with one attached hydrogen (secondary N) is 1. The SMILES string of the molecule is CCCC1=NN2C(=N)/C(=C/c3cccc(OCc4ccccc4)c3)C(=O)N=C2S1. The van der Waals surface area contributed by atoms with Crippen LogP contribution in [0.15, 0.2) is 70.3 Å². The first-order valence-electron chi connectivity index (χ1n) is 9.40. The minimum absolute atomic E-state index is 0.0502. The van der Waals surface area contributed by atoms with Gasteiger partial charge < -0.3 is 4.74 Å². The third-order valence-corrected chi connectivity index (χ3v) is 5.35.